The van der Waals surface area contributed by atoms with E-state index in [4.69, 9.17) is 5.73 Å². The Morgan fingerprint density at radius 1 is 1.25 bits per heavy atom. The highest BCUT2D eigenvalue weighted by Gasteiger charge is 2.15. The van der Waals surface area contributed by atoms with Gasteiger partial charge in [0.2, 0.25) is 0 Å². The van der Waals surface area contributed by atoms with Gasteiger partial charge in [0.1, 0.15) is 0 Å². The van der Waals surface area contributed by atoms with Gasteiger partial charge in [-0.25, -0.2) is 0 Å². The molecule has 2 aromatic carbocycles. The van der Waals surface area contributed by atoms with E-state index in [1.54, 1.807) is 11.9 Å². The fraction of sp³-hybridized carbons (Fsp3) is 0.188. The molecule has 0 heterocycles. The molecular weight excluding hydrogens is 316 g/mol. The number of halogens is 1. The molecule has 20 heavy (non-hydrogen) atoms. The molecule has 0 radical (unpaired) electrons. The van der Waals surface area contributed by atoms with Gasteiger partial charge in [0, 0.05) is 29.3 Å². The summed E-state index contributed by atoms with van der Waals surface area (Å²) in [5, 5.41) is 0. The number of carbonyl (C=O) groups is 1. The van der Waals surface area contributed by atoms with Crippen LogP contribution in [0.2, 0.25) is 0 Å². The molecular formula is C16H17BrN2O. The molecule has 2 aromatic rings. The minimum absolute atomic E-state index is 0.0403. The van der Waals surface area contributed by atoms with Gasteiger partial charge in [-0.3, -0.25) is 4.79 Å². The topological polar surface area (TPSA) is 46.3 Å². The van der Waals surface area contributed by atoms with Crippen molar-refractivity contribution in [2.45, 2.75) is 13.5 Å². The average molecular weight is 333 g/mol. The smallest absolute Gasteiger partial charge is 0.258 e. The maximum atomic E-state index is 12.5. The lowest BCUT2D eigenvalue weighted by atomic mass is 10.1. The van der Waals surface area contributed by atoms with E-state index in [9.17, 15) is 4.79 Å². The van der Waals surface area contributed by atoms with Crippen molar-refractivity contribution >= 4 is 27.5 Å². The van der Waals surface area contributed by atoms with Crippen LogP contribution in [-0.4, -0.2) is 13.0 Å². The van der Waals surface area contributed by atoms with Crippen LogP contribution in [-0.2, 0) is 6.54 Å². The Kier molecular flexibility index (Phi) is 4.57. The van der Waals surface area contributed by atoms with Gasteiger partial charge in [-0.2, -0.15) is 0 Å². The van der Waals surface area contributed by atoms with Crippen LogP contribution in [0.4, 0.5) is 5.69 Å². The number of amides is 1. The van der Waals surface area contributed by atoms with Crippen molar-refractivity contribution in [1.82, 2.24) is 0 Å². The maximum absolute atomic E-state index is 12.5. The number of nitrogens with zero attached hydrogens (tertiary/aromatic N) is 1. The Balaban J connectivity index is 2.34. The number of rotatable bonds is 3. The first kappa shape index (κ1) is 14.8. The Morgan fingerprint density at radius 3 is 2.70 bits per heavy atom. The number of aryl methyl sites for hydroxylation is 1. The molecule has 0 spiro atoms. The van der Waals surface area contributed by atoms with Crippen molar-refractivity contribution in [3.05, 3.63) is 63.6 Å². The second-order valence-electron chi connectivity index (χ2n) is 4.70. The SMILES string of the molecule is Cc1ccc(Br)cc1N(C)C(=O)c1cccc(CN)c1. The van der Waals surface area contributed by atoms with Gasteiger partial charge in [-0.1, -0.05) is 34.1 Å². The fourth-order valence-corrected chi connectivity index (χ4v) is 2.43. The molecule has 0 atom stereocenters. The van der Waals surface area contributed by atoms with E-state index in [0.29, 0.717) is 12.1 Å². The largest absolute Gasteiger partial charge is 0.326 e. The third kappa shape index (κ3) is 3.08. The van der Waals surface area contributed by atoms with E-state index in [2.05, 4.69) is 15.9 Å². The summed E-state index contributed by atoms with van der Waals surface area (Å²) in [6.45, 7) is 2.42. The van der Waals surface area contributed by atoms with Gasteiger partial charge in [0.25, 0.3) is 5.91 Å². The predicted octanol–water partition coefficient (Wildman–Crippen LogP) is 3.49. The zero-order valence-electron chi connectivity index (χ0n) is 11.6. The Labute approximate surface area is 127 Å². The van der Waals surface area contributed by atoms with Crippen LogP contribution in [0.15, 0.2) is 46.9 Å². The first-order valence-electron chi connectivity index (χ1n) is 6.36. The molecule has 104 valence electrons. The third-order valence-corrected chi connectivity index (χ3v) is 3.74. The number of hydrogen-bond donors (Lipinski definition) is 1. The molecule has 3 nitrogen and oxygen atoms in total. The monoisotopic (exact) mass is 332 g/mol. The number of benzene rings is 2. The van der Waals surface area contributed by atoms with E-state index in [0.717, 1.165) is 21.3 Å². The van der Waals surface area contributed by atoms with E-state index in [1.165, 1.54) is 0 Å². The Morgan fingerprint density at radius 2 is 2.00 bits per heavy atom. The normalized spacial score (nSPS) is 10.4. The summed E-state index contributed by atoms with van der Waals surface area (Å²) in [5.74, 6) is -0.0403. The zero-order valence-corrected chi connectivity index (χ0v) is 13.1. The third-order valence-electron chi connectivity index (χ3n) is 3.25. The first-order chi connectivity index (χ1) is 9.52. The molecule has 0 aliphatic carbocycles. The minimum atomic E-state index is -0.0403. The van der Waals surface area contributed by atoms with E-state index >= 15 is 0 Å². The highest BCUT2D eigenvalue weighted by atomic mass is 79.9. The maximum Gasteiger partial charge on any atom is 0.258 e. The molecule has 0 saturated carbocycles. The van der Waals surface area contributed by atoms with Crippen molar-refractivity contribution in [3.8, 4) is 0 Å². The van der Waals surface area contributed by atoms with Crippen LogP contribution in [0.1, 0.15) is 21.5 Å². The van der Waals surface area contributed by atoms with Crippen molar-refractivity contribution in [3.63, 3.8) is 0 Å². The van der Waals surface area contributed by atoms with Gasteiger partial charge in [0.05, 0.1) is 0 Å². The Hall–Kier alpha value is -1.65. The quantitative estimate of drug-likeness (QED) is 0.935. The lowest BCUT2D eigenvalue weighted by molar-refractivity contribution is 0.0993. The highest BCUT2D eigenvalue weighted by Crippen LogP contribution is 2.25. The van der Waals surface area contributed by atoms with Gasteiger partial charge in [-0.05, 0) is 42.3 Å². The van der Waals surface area contributed by atoms with Crippen molar-refractivity contribution < 1.29 is 4.79 Å². The van der Waals surface area contributed by atoms with Gasteiger partial charge in [-0.15, -0.1) is 0 Å². The summed E-state index contributed by atoms with van der Waals surface area (Å²) >= 11 is 3.44. The highest BCUT2D eigenvalue weighted by molar-refractivity contribution is 9.10. The summed E-state index contributed by atoms with van der Waals surface area (Å²) in [7, 11) is 1.78. The summed E-state index contributed by atoms with van der Waals surface area (Å²) in [4.78, 5) is 14.2. The van der Waals surface area contributed by atoms with Gasteiger partial charge < -0.3 is 10.6 Å². The lowest BCUT2D eigenvalue weighted by Gasteiger charge is -2.20. The van der Waals surface area contributed by atoms with Crippen LogP contribution in [0.3, 0.4) is 0 Å². The molecule has 0 aromatic heterocycles. The second kappa shape index (κ2) is 6.20. The average Bonchev–Trinajstić information content (AvgIpc) is 2.48. The van der Waals surface area contributed by atoms with Crippen LogP contribution in [0, 0.1) is 6.92 Å². The van der Waals surface area contributed by atoms with Crippen LogP contribution in [0.5, 0.6) is 0 Å². The molecule has 4 heteroatoms. The summed E-state index contributed by atoms with van der Waals surface area (Å²) in [6.07, 6.45) is 0. The number of anilines is 1. The number of hydrogen-bond acceptors (Lipinski definition) is 2. The van der Waals surface area contributed by atoms with Crippen molar-refractivity contribution in [1.29, 1.82) is 0 Å². The first-order valence-corrected chi connectivity index (χ1v) is 7.15. The predicted molar refractivity (Wildman–Crippen MR) is 85.9 cm³/mol. The molecule has 0 fully saturated rings. The summed E-state index contributed by atoms with van der Waals surface area (Å²) in [6, 6.07) is 13.3. The van der Waals surface area contributed by atoms with E-state index < -0.39 is 0 Å². The lowest BCUT2D eigenvalue weighted by Crippen LogP contribution is -2.27. The van der Waals surface area contributed by atoms with Crippen LogP contribution < -0.4 is 10.6 Å². The summed E-state index contributed by atoms with van der Waals surface area (Å²) in [5.41, 5.74) is 9.17. The van der Waals surface area contributed by atoms with Crippen molar-refractivity contribution in [2.24, 2.45) is 5.73 Å². The van der Waals surface area contributed by atoms with Crippen LogP contribution >= 0.6 is 15.9 Å². The molecule has 2 rings (SSSR count). The molecule has 0 saturated heterocycles. The van der Waals surface area contributed by atoms with E-state index in [-0.39, 0.29) is 5.91 Å². The number of nitrogens with two attached hydrogens (primary N) is 1. The summed E-state index contributed by atoms with van der Waals surface area (Å²) < 4.78 is 0.952. The van der Waals surface area contributed by atoms with Gasteiger partial charge >= 0.3 is 0 Å². The molecule has 2 N–H and O–H groups in total. The molecule has 1 amide bonds. The molecule has 0 aliphatic heterocycles. The Bertz CT molecular complexity index is 640. The molecule has 0 unspecified atom stereocenters. The van der Waals surface area contributed by atoms with E-state index in [1.807, 2.05) is 49.4 Å². The fourth-order valence-electron chi connectivity index (χ4n) is 2.08. The van der Waals surface area contributed by atoms with Crippen LogP contribution in [0.25, 0.3) is 0 Å². The van der Waals surface area contributed by atoms with Gasteiger partial charge in [0.15, 0.2) is 0 Å². The minimum Gasteiger partial charge on any atom is -0.326 e. The van der Waals surface area contributed by atoms with Crippen molar-refractivity contribution in [2.75, 3.05) is 11.9 Å². The standard InChI is InChI=1S/C16H17BrN2O/c1-11-6-7-14(17)9-15(11)19(2)16(20)13-5-3-4-12(8-13)10-18/h3-9H,10,18H2,1-2H3. The molecule has 0 bridgehead atoms. The second-order valence-corrected chi connectivity index (χ2v) is 5.62. The zero-order chi connectivity index (χ0) is 14.7. The molecule has 0 aliphatic rings. The number of carbonyl (C=O) groups excluding carboxylic acids is 1.